The number of carbonyl (C=O) groups excluding carboxylic acids is 1. The Morgan fingerprint density at radius 1 is 1.10 bits per heavy atom. The van der Waals surface area contributed by atoms with E-state index in [1.807, 2.05) is 58.0 Å². The van der Waals surface area contributed by atoms with Crippen LogP contribution in [0, 0.1) is 11.8 Å². The lowest BCUT2D eigenvalue weighted by Crippen LogP contribution is -2.51. The first-order valence-electron chi connectivity index (χ1n) is 14.6. The zero-order valence-electron chi connectivity index (χ0n) is 24.6. The summed E-state index contributed by atoms with van der Waals surface area (Å²) in [5.41, 5.74) is 1.46. The number of fused-ring (bicyclic) bond motifs is 2. The molecule has 0 bridgehead atoms. The molecule has 2 aliphatic rings. The van der Waals surface area contributed by atoms with Crippen LogP contribution in [0.5, 0.6) is 0 Å². The highest BCUT2D eigenvalue weighted by Gasteiger charge is 2.44. The van der Waals surface area contributed by atoms with Crippen molar-refractivity contribution in [3.05, 3.63) is 66.4 Å². The Balaban J connectivity index is 0.00000198. The summed E-state index contributed by atoms with van der Waals surface area (Å²) in [6.07, 6.45) is -0.189. The molecule has 42 heavy (non-hydrogen) atoms. The molecule has 2 N–H and O–H groups in total. The van der Waals surface area contributed by atoms with Gasteiger partial charge in [0.2, 0.25) is 10.0 Å². The Kier molecular flexibility index (Phi) is 11.0. The molecule has 2 fully saturated rings. The number of benzene rings is 2. The van der Waals surface area contributed by atoms with Crippen molar-refractivity contribution in [2.45, 2.75) is 70.0 Å². The number of aliphatic hydroxyl groups is 1. The van der Waals surface area contributed by atoms with E-state index in [-0.39, 0.29) is 49.1 Å². The number of hydrogen-bond acceptors (Lipinski definition) is 8. The molecule has 230 valence electrons. The summed E-state index contributed by atoms with van der Waals surface area (Å²) in [7, 11) is -3.97. The monoisotopic (exact) mass is 602 g/mol. The fourth-order valence-electron chi connectivity index (χ4n) is 5.29. The van der Waals surface area contributed by atoms with E-state index in [4.69, 9.17) is 18.6 Å². The van der Waals surface area contributed by atoms with Crippen LogP contribution >= 0.6 is 0 Å². The molecule has 0 saturated carbocycles. The summed E-state index contributed by atoms with van der Waals surface area (Å²) in [5, 5.41) is 14.9. The van der Waals surface area contributed by atoms with Gasteiger partial charge in [0.1, 0.15) is 11.7 Å². The minimum absolute atomic E-state index is 0.00549. The summed E-state index contributed by atoms with van der Waals surface area (Å²) in [5.74, 6) is -0.0310. The average Bonchev–Trinajstić information content (AvgIpc) is 3.72. The Labute approximate surface area is 248 Å². The standard InChI is InChI=1S/C29H36N2O8S.C2H6/c1-19(2)16-31(40(34,35)22-8-9-26-21(15-22)10-12-36-26)17-25(32)24(14-20-6-4-3-5-7-20)30-29(33)39-27-18-38-28-23(27)11-13-37-28;1-2/h3-10,12,15,19,23-25,27-28,32H,11,13-14,16-18H2,1-2H3,(H,30,33);1-2H3/t23-,24+,25-,27-,28+;/m1./s1. The third-order valence-corrected chi connectivity index (χ3v) is 9.16. The molecule has 3 heterocycles. The van der Waals surface area contributed by atoms with Crippen LogP contribution in [-0.2, 0) is 30.7 Å². The van der Waals surface area contributed by atoms with Gasteiger partial charge in [-0.3, -0.25) is 0 Å². The lowest BCUT2D eigenvalue weighted by atomic mass is 10.0. The summed E-state index contributed by atoms with van der Waals surface area (Å²) < 4.78 is 50.9. The maximum atomic E-state index is 13.8. The SMILES string of the molecule is CC.CC(C)CN(C[C@@H](O)[C@H](Cc1ccccc1)NC(=O)O[C@@H]1CO[C@@H]2OCC[C@@H]21)S(=O)(=O)c1ccc2occc2c1. The maximum Gasteiger partial charge on any atom is 0.407 e. The maximum absolute atomic E-state index is 13.8. The molecule has 0 aliphatic carbocycles. The van der Waals surface area contributed by atoms with Crippen molar-refractivity contribution in [1.82, 2.24) is 9.62 Å². The molecule has 11 heteroatoms. The highest BCUT2D eigenvalue weighted by molar-refractivity contribution is 7.89. The molecule has 10 nitrogen and oxygen atoms in total. The van der Waals surface area contributed by atoms with Crippen molar-refractivity contribution < 1.29 is 36.9 Å². The van der Waals surface area contributed by atoms with Crippen LogP contribution in [0.15, 0.2) is 70.2 Å². The van der Waals surface area contributed by atoms with Gasteiger partial charge in [-0.25, -0.2) is 13.2 Å². The molecule has 5 rings (SSSR count). The van der Waals surface area contributed by atoms with Gasteiger partial charge in [0, 0.05) is 18.5 Å². The van der Waals surface area contributed by atoms with Gasteiger partial charge in [-0.05, 0) is 48.6 Å². The van der Waals surface area contributed by atoms with Gasteiger partial charge < -0.3 is 29.1 Å². The summed E-state index contributed by atoms with van der Waals surface area (Å²) in [4.78, 5) is 13.1. The fourth-order valence-corrected chi connectivity index (χ4v) is 6.95. The van der Waals surface area contributed by atoms with Gasteiger partial charge in [0.05, 0.1) is 42.4 Å². The first kappa shape index (κ1) is 32.0. The van der Waals surface area contributed by atoms with Crippen molar-refractivity contribution in [1.29, 1.82) is 0 Å². The molecule has 5 atom stereocenters. The lowest BCUT2D eigenvalue weighted by molar-refractivity contribution is -0.0907. The van der Waals surface area contributed by atoms with Gasteiger partial charge >= 0.3 is 6.09 Å². The second kappa shape index (κ2) is 14.5. The van der Waals surface area contributed by atoms with Crippen LogP contribution in [0.4, 0.5) is 4.79 Å². The number of carbonyl (C=O) groups is 1. The van der Waals surface area contributed by atoms with E-state index in [0.717, 1.165) is 12.0 Å². The van der Waals surface area contributed by atoms with Crippen LogP contribution in [0.1, 0.15) is 39.7 Å². The third kappa shape index (κ3) is 7.70. The van der Waals surface area contributed by atoms with Crippen molar-refractivity contribution in [3.8, 4) is 0 Å². The highest BCUT2D eigenvalue weighted by atomic mass is 32.2. The summed E-state index contributed by atoms with van der Waals surface area (Å²) in [6.45, 7) is 8.60. The number of furan rings is 1. The van der Waals surface area contributed by atoms with Crippen molar-refractivity contribution >= 4 is 27.1 Å². The van der Waals surface area contributed by atoms with E-state index in [1.54, 1.807) is 18.2 Å². The topological polar surface area (TPSA) is 128 Å². The number of alkyl carbamates (subject to hydrolysis) is 1. The van der Waals surface area contributed by atoms with Gasteiger partial charge in [-0.1, -0.05) is 58.0 Å². The van der Waals surface area contributed by atoms with Gasteiger partial charge in [0.25, 0.3) is 0 Å². The molecular formula is C31H42N2O8S. The summed E-state index contributed by atoms with van der Waals surface area (Å²) >= 11 is 0. The van der Waals surface area contributed by atoms with Crippen LogP contribution in [0.3, 0.4) is 0 Å². The Morgan fingerprint density at radius 3 is 2.60 bits per heavy atom. The lowest BCUT2D eigenvalue weighted by Gasteiger charge is -2.31. The number of sulfonamides is 1. The van der Waals surface area contributed by atoms with Crippen molar-refractivity contribution in [2.75, 3.05) is 26.3 Å². The van der Waals surface area contributed by atoms with Crippen LogP contribution in [0.25, 0.3) is 11.0 Å². The van der Waals surface area contributed by atoms with Crippen LogP contribution in [-0.4, -0.2) is 74.8 Å². The van der Waals surface area contributed by atoms with Gasteiger partial charge in [-0.15, -0.1) is 0 Å². The largest absolute Gasteiger partial charge is 0.464 e. The molecular weight excluding hydrogens is 560 g/mol. The molecule has 3 aromatic rings. The molecule has 0 unspecified atom stereocenters. The Bertz CT molecular complexity index is 1390. The number of ether oxygens (including phenoxy) is 3. The van der Waals surface area contributed by atoms with Crippen LogP contribution in [0.2, 0.25) is 0 Å². The highest BCUT2D eigenvalue weighted by Crippen LogP contribution is 2.33. The minimum Gasteiger partial charge on any atom is -0.464 e. The molecule has 0 spiro atoms. The normalized spacial score (nSPS) is 21.5. The molecule has 2 aliphatic heterocycles. The molecule has 2 saturated heterocycles. The predicted molar refractivity (Wildman–Crippen MR) is 158 cm³/mol. The smallest absolute Gasteiger partial charge is 0.407 e. The van der Waals surface area contributed by atoms with E-state index >= 15 is 0 Å². The average molecular weight is 603 g/mol. The van der Waals surface area contributed by atoms with Crippen LogP contribution < -0.4 is 5.32 Å². The summed E-state index contributed by atoms with van der Waals surface area (Å²) in [6, 6.07) is 15.0. The fraction of sp³-hybridized carbons (Fsp3) is 0.516. The first-order valence-corrected chi connectivity index (χ1v) is 16.0. The number of rotatable bonds is 11. The predicted octanol–water partition coefficient (Wildman–Crippen LogP) is 4.57. The van der Waals surface area contributed by atoms with Gasteiger partial charge in [-0.2, -0.15) is 4.31 Å². The number of hydrogen-bond donors (Lipinski definition) is 2. The second-order valence-electron chi connectivity index (χ2n) is 10.8. The Morgan fingerprint density at radius 2 is 1.86 bits per heavy atom. The number of aliphatic hydroxyl groups excluding tert-OH is 1. The zero-order valence-corrected chi connectivity index (χ0v) is 25.5. The van der Waals surface area contributed by atoms with E-state index in [2.05, 4.69) is 5.32 Å². The quantitative estimate of drug-likeness (QED) is 0.327. The van der Waals surface area contributed by atoms with E-state index in [0.29, 0.717) is 17.6 Å². The molecule has 1 amide bonds. The molecule has 0 radical (unpaired) electrons. The van der Waals surface area contributed by atoms with E-state index < -0.39 is 34.4 Å². The second-order valence-corrected chi connectivity index (χ2v) is 12.8. The third-order valence-electron chi connectivity index (χ3n) is 7.33. The van der Waals surface area contributed by atoms with E-state index in [1.165, 1.54) is 16.6 Å². The first-order chi connectivity index (χ1) is 20.2. The minimum atomic E-state index is -3.97. The number of nitrogens with one attached hydrogen (secondary N) is 1. The van der Waals surface area contributed by atoms with E-state index in [9.17, 15) is 18.3 Å². The zero-order chi connectivity index (χ0) is 30.3. The van der Waals surface area contributed by atoms with Gasteiger partial charge in [0.15, 0.2) is 6.29 Å². The van der Waals surface area contributed by atoms with Crippen molar-refractivity contribution in [2.24, 2.45) is 11.8 Å². The number of amides is 1. The number of nitrogens with zero attached hydrogens (tertiary/aromatic N) is 1. The Hall–Kier alpha value is -2.96. The molecule has 1 aromatic heterocycles. The molecule has 2 aromatic carbocycles. The van der Waals surface area contributed by atoms with Crippen molar-refractivity contribution in [3.63, 3.8) is 0 Å².